The van der Waals surface area contributed by atoms with Gasteiger partial charge in [-0.2, -0.15) is 0 Å². The number of hydrogen-bond donors (Lipinski definition) is 1. The molecule has 0 aromatic heterocycles. The molecule has 1 amide bonds. The first-order chi connectivity index (χ1) is 13.7. The Labute approximate surface area is 163 Å². The van der Waals surface area contributed by atoms with Gasteiger partial charge in [0.1, 0.15) is 6.61 Å². The molecular weight excluding hydrogens is 355 g/mol. The highest BCUT2D eigenvalue weighted by Gasteiger charge is 2.25. The van der Waals surface area contributed by atoms with Crippen molar-refractivity contribution in [2.24, 2.45) is 0 Å². The van der Waals surface area contributed by atoms with Crippen molar-refractivity contribution in [3.05, 3.63) is 89.7 Å². The highest BCUT2D eigenvalue weighted by Crippen LogP contribution is 2.29. The molecule has 1 heterocycles. The standard InChI is InChI=1S/C23H21FN2O2/c24-20-9-2-4-11-22(20)28-15-13-25-19-8-5-7-18(16-19)23(27)26-14-12-17-6-1-3-10-21(17)26/h1-11,16,25H,12-15H2. The summed E-state index contributed by atoms with van der Waals surface area (Å²) in [6.07, 6.45) is 0.882. The van der Waals surface area contributed by atoms with E-state index in [4.69, 9.17) is 4.74 Å². The molecule has 5 heteroatoms. The summed E-state index contributed by atoms with van der Waals surface area (Å²) in [4.78, 5) is 14.8. The molecule has 4 nitrogen and oxygen atoms in total. The quantitative estimate of drug-likeness (QED) is 0.643. The average Bonchev–Trinajstić information content (AvgIpc) is 3.16. The van der Waals surface area contributed by atoms with Crippen LogP contribution in [0.15, 0.2) is 72.8 Å². The van der Waals surface area contributed by atoms with Crippen molar-refractivity contribution in [3.63, 3.8) is 0 Å². The number of halogens is 1. The molecule has 0 radical (unpaired) electrons. The van der Waals surface area contributed by atoms with E-state index in [1.807, 2.05) is 47.4 Å². The Morgan fingerprint density at radius 2 is 1.86 bits per heavy atom. The van der Waals surface area contributed by atoms with Gasteiger partial charge in [0.15, 0.2) is 11.6 Å². The number of nitrogens with zero attached hydrogens (tertiary/aromatic N) is 1. The second-order valence-corrected chi connectivity index (χ2v) is 6.62. The van der Waals surface area contributed by atoms with Crippen LogP contribution in [0.2, 0.25) is 0 Å². The van der Waals surface area contributed by atoms with Crippen molar-refractivity contribution in [2.45, 2.75) is 6.42 Å². The molecule has 4 rings (SSSR count). The monoisotopic (exact) mass is 376 g/mol. The van der Waals surface area contributed by atoms with Gasteiger partial charge in [0.2, 0.25) is 0 Å². The lowest BCUT2D eigenvalue weighted by Gasteiger charge is -2.18. The number of benzene rings is 3. The van der Waals surface area contributed by atoms with Crippen molar-refractivity contribution in [3.8, 4) is 5.75 Å². The highest BCUT2D eigenvalue weighted by atomic mass is 19.1. The van der Waals surface area contributed by atoms with Gasteiger partial charge in [-0.05, 0) is 48.4 Å². The van der Waals surface area contributed by atoms with Crippen molar-refractivity contribution >= 4 is 17.3 Å². The van der Waals surface area contributed by atoms with E-state index in [0.29, 0.717) is 25.3 Å². The first kappa shape index (κ1) is 18.0. The minimum atomic E-state index is -0.374. The van der Waals surface area contributed by atoms with Crippen molar-refractivity contribution in [1.82, 2.24) is 0 Å². The second kappa shape index (κ2) is 8.13. The average molecular weight is 376 g/mol. The molecule has 1 aliphatic heterocycles. The lowest BCUT2D eigenvalue weighted by atomic mass is 10.1. The van der Waals surface area contributed by atoms with Gasteiger partial charge in [-0.3, -0.25) is 4.79 Å². The molecule has 3 aromatic carbocycles. The van der Waals surface area contributed by atoms with Crippen LogP contribution in [0.1, 0.15) is 15.9 Å². The molecule has 0 bridgehead atoms. The van der Waals surface area contributed by atoms with Gasteiger partial charge in [0, 0.05) is 30.0 Å². The highest BCUT2D eigenvalue weighted by molar-refractivity contribution is 6.07. The summed E-state index contributed by atoms with van der Waals surface area (Å²) in [6.45, 7) is 1.52. The Hall–Kier alpha value is -3.34. The fourth-order valence-corrected chi connectivity index (χ4v) is 3.39. The number of rotatable bonds is 6. The van der Waals surface area contributed by atoms with Crippen LogP contribution in [-0.2, 0) is 6.42 Å². The Bertz CT molecular complexity index is 990. The topological polar surface area (TPSA) is 41.6 Å². The summed E-state index contributed by atoms with van der Waals surface area (Å²) in [7, 11) is 0. The van der Waals surface area contributed by atoms with E-state index in [-0.39, 0.29) is 17.5 Å². The van der Waals surface area contributed by atoms with Crippen LogP contribution >= 0.6 is 0 Å². The van der Waals surface area contributed by atoms with E-state index in [9.17, 15) is 9.18 Å². The number of carbonyl (C=O) groups excluding carboxylic acids is 1. The summed E-state index contributed by atoms with van der Waals surface area (Å²) < 4.78 is 19.0. The zero-order chi connectivity index (χ0) is 19.3. The van der Waals surface area contributed by atoms with Gasteiger partial charge in [-0.1, -0.05) is 36.4 Å². The maximum atomic E-state index is 13.5. The van der Waals surface area contributed by atoms with Crippen LogP contribution in [0.5, 0.6) is 5.75 Å². The minimum Gasteiger partial charge on any atom is -0.489 e. The maximum absolute atomic E-state index is 13.5. The predicted octanol–water partition coefficient (Wildman–Crippen LogP) is 4.52. The summed E-state index contributed by atoms with van der Waals surface area (Å²) >= 11 is 0. The van der Waals surface area contributed by atoms with Crippen LogP contribution in [0.25, 0.3) is 0 Å². The van der Waals surface area contributed by atoms with E-state index >= 15 is 0 Å². The summed E-state index contributed by atoms with van der Waals surface area (Å²) in [5.74, 6) is -0.141. The van der Waals surface area contributed by atoms with Gasteiger partial charge in [-0.15, -0.1) is 0 Å². The molecule has 0 atom stereocenters. The number of hydrogen-bond acceptors (Lipinski definition) is 3. The molecule has 0 aliphatic carbocycles. The van der Waals surface area contributed by atoms with E-state index < -0.39 is 0 Å². The second-order valence-electron chi connectivity index (χ2n) is 6.62. The smallest absolute Gasteiger partial charge is 0.258 e. The normalized spacial score (nSPS) is 12.5. The van der Waals surface area contributed by atoms with Crippen molar-refractivity contribution in [1.29, 1.82) is 0 Å². The molecule has 1 aliphatic rings. The van der Waals surface area contributed by atoms with Crippen LogP contribution in [-0.4, -0.2) is 25.6 Å². The van der Waals surface area contributed by atoms with E-state index in [0.717, 1.165) is 17.8 Å². The van der Waals surface area contributed by atoms with Gasteiger partial charge in [0.05, 0.1) is 0 Å². The summed E-state index contributed by atoms with van der Waals surface area (Å²) in [5, 5.41) is 3.22. The van der Waals surface area contributed by atoms with Crippen LogP contribution in [0.3, 0.4) is 0 Å². The number of anilines is 2. The maximum Gasteiger partial charge on any atom is 0.258 e. The third kappa shape index (κ3) is 3.83. The molecule has 1 N–H and O–H groups in total. The van der Waals surface area contributed by atoms with Crippen LogP contribution in [0, 0.1) is 5.82 Å². The molecular formula is C23H21FN2O2. The van der Waals surface area contributed by atoms with E-state index in [2.05, 4.69) is 11.4 Å². The summed E-state index contributed by atoms with van der Waals surface area (Å²) in [6, 6.07) is 21.8. The summed E-state index contributed by atoms with van der Waals surface area (Å²) in [5.41, 5.74) is 3.66. The fraction of sp³-hybridized carbons (Fsp3) is 0.174. The first-order valence-corrected chi connectivity index (χ1v) is 9.33. The number of nitrogens with one attached hydrogen (secondary N) is 1. The van der Waals surface area contributed by atoms with E-state index in [1.54, 1.807) is 18.2 Å². The Balaban J connectivity index is 1.37. The molecule has 0 spiro atoms. The first-order valence-electron chi connectivity index (χ1n) is 9.33. The SMILES string of the molecule is O=C(c1cccc(NCCOc2ccccc2F)c1)N1CCc2ccccc21. The van der Waals surface area contributed by atoms with Gasteiger partial charge < -0.3 is 15.0 Å². The van der Waals surface area contributed by atoms with E-state index in [1.165, 1.54) is 11.6 Å². The third-order valence-electron chi connectivity index (χ3n) is 4.77. The Morgan fingerprint density at radius 1 is 1.04 bits per heavy atom. The molecule has 0 saturated carbocycles. The third-order valence-corrected chi connectivity index (χ3v) is 4.77. The lowest BCUT2D eigenvalue weighted by molar-refractivity contribution is 0.0989. The molecule has 0 saturated heterocycles. The van der Waals surface area contributed by atoms with Gasteiger partial charge in [-0.25, -0.2) is 4.39 Å². The number of para-hydroxylation sites is 2. The van der Waals surface area contributed by atoms with Crippen molar-refractivity contribution in [2.75, 3.05) is 29.9 Å². The number of fused-ring (bicyclic) bond motifs is 1. The minimum absolute atomic E-state index is 0.00351. The van der Waals surface area contributed by atoms with Gasteiger partial charge in [0.25, 0.3) is 5.91 Å². The molecule has 3 aromatic rings. The largest absolute Gasteiger partial charge is 0.489 e. The van der Waals surface area contributed by atoms with Gasteiger partial charge >= 0.3 is 0 Å². The van der Waals surface area contributed by atoms with Crippen LogP contribution < -0.4 is 15.0 Å². The molecule has 0 unspecified atom stereocenters. The lowest BCUT2D eigenvalue weighted by Crippen LogP contribution is -2.28. The Morgan fingerprint density at radius 3 is 2.75 bits per heavy atom. The molecule has 142 valence electrons. The Kier molecular flexibility index (Phi) is 5.24. The number of amides is 1. The zero-order valence-corrected chi connectivity index (χ0v) is 15.4. The predicted molar refractivity (Wildman–Crippen MR) is 109 cm³/mol. The van der Waals surface area contributed by atoms with Crippen molar-refractivity contribution < 1.29 is 13.9 Å². The van der Waals surface area contributed by atoms with Crippen LogP contribution in [0.4, 0.5) is 15.8 Å². The number of carbonyl (C=O) groups is 1. The molecule has 28 heavy (non-hydrogen) atoms. The zero-order valence-electron chi connectivity index (χ0n) is 15.4. The fourth-order valence-electron chi connectivity index (χ4n) is 3.39. The molecule has 0 fully saturated rings. The number of ether oxygens (including phenoxy) is 1.